The second-order valence-corrected chi connectivity index (χ2v) is 5.90. The molecule has 0 aliphatic carbocycles. The van der Waals surface area contributed by atoms with E-state index in [9.17, 15) is 4.79 Å². The minimum Gasteiger partial charge on any atom is -0.494 e. The van der Waals surface area contributed by atoms with Crippen LogP contribution >= 0.6 is 0 Å². The molecule has 0 bridgehead atoms. The molecule has 0 atom stereocenters. The molecule has 24 heavy (non-hydrogen) atoms. The Bertz CT molecular complexity index is 909. The fraction of sp³-hybridized carbons (Fsp3) is 0.250. The van der Waals surface area contributed by atoms with Gasteiger partial charge in [0.05, 0.1) is 12.2 Å². The van der Waals surface area contributed by atoms with Crippen LogP contribution < -0.4 is 10.1 Å². The summed E-state index contributed by atoms with van der Waals surface area (Å²) in [7, 11) is 0. The van der Waals surface area contributed by atoms with Gasteiger partial charge in [-0.25, -0.2) is 0 Å². The number of furan rings is 1. The molecule has 3 aromatic rings. The maximum atomic E-state index is 12.8. The number of carbonyl (C=O) groups is 1. The highest BCUT2D eigenvalue weighted by molar-refractivity contribution is 6.13. The number of hydrogen-bond donors (Lipinski definition) is 1. The van der Waals surface area contributed by atoms with Gasteiger partial charge in [0.1, 0.15) is 17.1 Å². The van der Waals surface area contributed by atoms with Crippen molar-refractivity contribution in [2.75, 3.05) is 11.9 Å². The van der Waals surface area contributed by atoms with Gasteiger partial charge in [-0.15, -0.1) is 0 Å². The Hall–Kier alpha value is -2.75. The summed E-state index contributed by atoms with van der Waals surface area (Å²) in [6, 6.07) is 11.5. The average molecular weight is 323 g/mol. The third-order valence-electron chi connectivity index (χ3n) is 4.00. The van der Waals surface area contributed by atoms with Crippen molar-refractivity contribution in [2.45, 2.75) is 27.7 Å². The van der Waals surface area contributed by atoms with Crippen LogP contribution in [0, 0.1) is 20.8 Å². The molecule has 0 radical (unpaired) electrons. The van der Waals surface area contributed by atoms with Gasteiger partial charge in [-0.1, -0.05) is 17.7 Å². The fourth-order valence-corrected chi connectivity index (χ4v) is 2.88. The minimum absolute atomic E-state index is 0.174. The lowest BCUT2D eigenvalue weighted by Gasteiger charge is -2.09. The number of fused-ring (bicyclic) bond motifs is 1. The van der Waals surface area contributed by atoms with Crippen molar-refractivity contribution in [3.8, 4) is 5.75 Å². The van der Waals surface area contributed by atoms with Gasteiger partial charge in [-0.2, -0.15) is 0 Å². The maximum absolute atomic E-state index is 12.8. The molecule has 0 saturated carbocycles. The first-order valence-corrected chi connectivity index (χ1v) is 8.04. The maximum Gasteiger partial charge on any atom is 0.259 e. The Kier molecular flexibility index (Phi) is 4.30. The topological polar surface area (TPSA) is 51.5 Å². The number of benzene rings is 2. The van der Waals surface area contributed by atoms with Gasteiger partial charge < -0.3 is 14.5 Å². The highest BCUT2D eigenvalue weighted by Crippen LogP contribution is 2.30. The van der Waals surface area contributed by atoms with Crippen LogP contribution in [0.4, 0.5) is 5.69 Å². The molecule has 1 heterocycles. The Balaban J connectivity index is 1.99. The van der Waals surface area contributed by atoms with E-state index in [2.05, 4.69) is 5.32 Å². The van der Waals surface area contributed by atoms with Gasteiger partial charge in [-0.3, -0.25) is 4.79 Å². The molecule has 0 aliphatic rings. The second kappa shape index (κ2) is 6.40. The number of hydrogen-bond acceptors (Lipinski definition) is 3. The molecule has 0 aliphatic heterocycles. The quantitative estimate of drug-likeness (QED) is 0.734. The molecule has 4 nitrogen and oxygen atoms in total. The summed E-state index contributed by atoms with van der Waals surface area (Å²) in [4.78, 5) is 12.8. The number of ether oxygens (including phenoxy) is 1. The molecule has 1 aromatic heterocycles. The Labute approximate surface area is 141 Å². The summed E-state index contributed by atoms with van der Waals surface area (Å²) in [6.45, 7) is 8.32. The smallest absolute Gasteiger partial charge is 0.259 e. The zero-order chi connectivity index (χ0) is 17.3. The average Bonchev–Trinajstić information content (AvgIpc) is 2.85. The van der Waals surface area contributed by atoms with Crippen LogP contribution in [-0.4, -0.2) is 12.5 Å². The van der Waals surface area contributed by atoms with Gasteiger partial charge >= 0.3 is 0 Å². The zero-order valence-electron chi connectivity index (χ0n) is 14.4. The number of aryl methyl sites for hydroxylation is 3. The summed E-state index contributed by atoms with van der Waals surface area (Å²) < 4.78 is 11.3. The van der Waals surface area contributed by atoms with E-state index < -0.39 is 0 Å². The summed E-state index contributed by atoms with van der Waals surface area (Å²) in [5, 5.41) is 3.75. The zero-order valence-corrected chi connectivity index (χ0v) is 14.4. The van der Waals surface area contributed by atoms with E-state index in [1.54, 1.807) is 6.92 Å². The van der Waals surface area contributed by atoms with Crippen molar-refractivity contribution in [1.82, 2.24) is 0 Å². The van der Waals surface area contributed by atoms with E-state index in [1.165, 1.54) is 0 Å². The van der Waals surface area contributed by atoms with E-state index in [0.29, 0.717) is 23.5 Å². The standard InChI is InChI=1S/C20H21NO3/c1-5-23-15-7-9-18-16(11-15)19(14(4)24-18)20(22)21-17-8-6-12(2)10-13(17)3/h6-11H,5H2,1-4H3,(H,21,22). The molecule has 1 amide bonds. The van der Waals surface area contributed by atoms with Crippen LogP contribution in [0.5, 0.6) is 5.75 Å². The number of anilines is 1. The molecule has 1 N–H and O–H groups in total. The third-order valence-corrected chi connectivity index (χ3v) is 4.00. The largest absolute Gasteiger partial charge is 0.494 e. The predicted molar refractivity (Wildman–Crippen MR) is 96.0 cm³/mol. The summed E-state index contributed by atoms with van der Waals surface area (Å²) in [6.07, 6.45) is 0. The molecule has 0 spiro atoms. The van der Waals surface area contributed by atoms with Crippen molar-refractivity contribution in [3.63, 3.8) is 0 Å². The highest BCUT2D eigenvalue weighted by atomic mass is 16.5. The summed E-state index contributed by atoms with van der Waals surface area (Å²) in [5.41, 5.74) is 4.23. The molecule has 2 aromatic carbocycles. The van der Waals surface area contributed by atoms with Crippen LogP contribution in [0.25, 0.3) is 11.0 Å². The molecule has 0 unspecified atom stereocenters. The van der Waals surface area contributed by atoms with E-state index in [4.69, 9.17) is 9.15 Å². The fourth-order valence-electron chi connectivity index (χ4n) is 2.88. The second-order valence-electron chi connectivity index (χ2n) is 5.90. The molecule has 0 fully saturated rings. The normalized spacial score (nSPS) is 10.8. The van der Waals surface area contributed by atoms with Crippen LogP contribution in [0.2, 0.25) is 0 Å². The van der Waals surface area contributed by atoms with E-state index in [0.717, 1.165) is 28.0 Å². The third kappa shape index (κ3) is 3.00. The Morgan fingerprint density at radius 2 is 1.92 bits per heavy atom. The molecule has 124 valence electrons. The summed E-state index contributed by atoms with van der Waals surface area (Å²) >= 11 is 0. The van der Waals surface area contributed by atoms with Crippen molar-refractivity contribution in [1.29, 1.82) is 0 Å². The van der Waals surface area contributed by atoms with Gasteiger partial charge in [-0.05, 0) is 57.5 Å². The monoisotopic (exact) mass is 323 g/mol. The predicted octanol–water partition coefficient (Wildman–Crippen LogP) is 5.01. The first-order valence-electron chi connectivity index (χ1n) is 8.04. The first kappa shape index (κ1) is 16.1. The van der Waals surface area contributed by atoms with E-state index in [-0.39, 0.29) is 5.91 Å². The van der Waals surface area contributed by atoms with Crippen LogP contribution in [0.3, 0.4) is 0 Å². The van der Waals surface area contributed by atoms with Crippen LogP contribution in [0.15, 0.2) is 40.8 Å². The van der Waals surface area contributed by atoms with Gasteiger partial charge in [0.2, 0.25) is 0 Å². The molecule has 4 heteroatoms. The van der Waals surface area contributed by atoms with Crippen molar-refractivity contribution in [2.24, 2.45) is 0 Å². The lowest BCUT2D eigenvalue weighted by molar-refractivity contribution is 0.102. The molecule has 0 saturated heterocycles. The van der Waals surface area contributed by atoms with Crippen molar-refractivity contribution in [3.05, 3.63) is 58.8 Å². The van der Waals surface area contributed by atoms with Crippen molar-refractivity contribution >= 4 is 22.6 Å². The number of nitrogens with one attached hydrogen (secondary N) is 1. The molecular formula is C20H21NO3. The number of carbonyl (C=O) groups excluding carboxylic acids is 1. The van der Waals surface area contributed by atoms with Crippen molar-refractivity contribution < 1.29 is 13.9 Å². The van der Waals surface area contributed by atoms with Gasteiger partial charge in [0, 0.05) is 11.1 Å². The Morgan fingerprint density at radius 1 is 1.12 bits per heavy atom. The van der Waals surface area contributed by atoms with Gasteiger partial charge in [0.25, 0.3) is 5.91 Å². The van der Waals surface area contributed by atoms with E-state index >= 15 is 0 Å². The van der Waals surface area contributed by atoms with Crippen LogP contribution in [0.1, 0.15) is 34.2 Å². The van der Waals surface area contributed by atoms with Crippen LogP contribution in [-0.2, 0) is 0 Å². The van der Waals surface area contributed by atoms with Gasteiger partial charge in [0.15, 0.2) is 0 Å². The summed E-state index contributed by atoms with van der Waals surface area (Å²) in [5.74, 6) is 1.15. The lowest BCUT2D eigenvalue weighted by Crippen LogP contribution is -2.13. The molecule has 3 rings (SSSR count). The van der Waals surface area contributed by atoms with E-state index in [1.807, 2.05) is 57.2 Å². The SMILES string of the molecule is CCOc1ccc2oc(C)c(C(=O)Nc3ccc(C)cc3C)c2c1. The highest BCUT2D eigenvalue weighted by Gasteiger charge is 2.19. The number of amides is 1. The minimum atomic E-state index is -0.174. The molecular weight excluding hydrogens is 302 g/mol. The Morgan fingerprint density at radius 3 is 2.62 bits per heavy atom. The lowest BCUT2D eigenvalue weighted by atomic mass is 10.1. The number of rotatable bonds is 4. The first-order chi connectivity index (χ1) is 11.5.